The van der Waals surface area contributed by atoms with Crippen molar-refractivity contribution in [1.82, 2.24) is 0 Å². The number of ether oxygens (including phenoxy) is 1. The summed E-state index contributed by atoms with van der Waals surface area (Å²) >= 11 is 0. The monoisotopic (exact) mass is 238 g/mol. The maximum atomic E-state index is 10.8. The lowest BCUT2D eigenvalue weighted by Crippen LogP contribution is -2.22. The van der Waals surface area contributed by atoms with Crippen molar-refractivity contribution < 1.29 is 19.7 Å². The Balaban J connectivity index is 3.25. The summed E-state index contributed by atoms with van der Waals surface area (Å²) in [7, 11) is 1.55. The predicted molar refractivity (Wildman–Crippen MR) is 64.7 cm³/mol. The topological polar surface area (TPSA) is 66.8 Å². The maximum Gasteiger partial charge on any atom is 0.304 e. The van der Waals surface area contributed by atoms with Gasteiger partial charge in [0.05, 0.1) is 13.5 Å². The molecule has 94 valence electrons. The van der Waals surface area contributed by atoms with E-state index >= 15 is 0 Å². The molecule has 0 aromatic heterocycles. The number of aliphatic carboxylic acids is 1. The van der Waals surface area contributed by atoms with E-state index in [0.29, 0.717) is 11.3 Å². The fourth-order valence-electron chi connectivity index (χ4n) is 1.91. The van der Waals surface area contributed by atoms with E-state index in [9.17, 15) is 9.90 Å². The number of aryl methyl sites for hydroxylation is 1. The van der Waals surface area contributed by atoms with Crippen molar-refractivity contribution in [3.63, 3.8) is 0 Å². The molecule has 1 aromatic rings. The molecule has 0 atom stereocenters. The highest BCUT2D eigenvalue weighted by molar-refractivity contribution is 5.69. The van der Waals surface area contributed by atoms with E-state index < -0.39 is 11.4 Å². The van der Waals surface area contributed by atoms with Gasteiger partial charge in [0.2, 0.25) is 0 Å². The smallest absolute Gasteiger partial charge is 0.304 e. The summed E-state index contributed by atoms with van der Waals surface area (Å²) in [5.74, 6) is -0.139. The molecule has 1 aromatic carbocycles. The summed E-state index contributed by atoms with van der Waals surface area (Å²) in [5.41, 5.74) is 0.763. The van der Waals surface area contributed by atoms with Crippen LogP contribution < -0.4 is 4.74 Å². The number of carboxylic acids is 1. The molecule has 17 heavy (non-hydrogen) atoms. The minimum absolute atomic E-state index is 0.0488. The minimum atomic E-state index is -0.894. The van der Waals surface area contributed by atoms with E-state index in [2.05, 4.69) is 0 Å². The number of carbonyl (C=O) groups is 1. The number of phenolic OH excluding ortho intramolecular Hbond substituents is 1. The van der Waals surface area contributed by atoms with Crippen LogP contribution in [0.15, 0.2) is 12.1 Å². The number of carboxylic acid groups (broad SMARTS) is 1. The van der Waals surface area contributed by atoms with Crippen LogP contribution in [0, 0.1) is 6.92 Å². The van der Waals surface area contributed by atoms with Crippen molar-refractivity contribution in [3.8, 4) is 11.5 Å². The van der Waals surface area contributed by atoms with Gasteiger partial charge in [-0.05, 0) is 24.6 Å². The Morgan fingerprint density at radius 1 is 1.41 bits per heavy atom. The summed E-state index contributed by atoms with van der Waals surface area (Å²) in [6.45, 7) is 5.39. The minimum Gasteiger partial charge on any atom is -0.508 e. The van der Waals surface area contributed by atoms with Crippen molar-refractivity contribution in [2.75, 3.05) is 7.11 Å². The Bertz CT molecular complexity index is 435. The molecule has 0 aliphatic heterocycles. The lowest BCUT2D eigenvalue weighted by Gasteiger charge is -2.25. The molecule has 1 rings (SSSR count). The average molecular weight is 238 g/mol. The zero-order chi connectivity index (χ0) is 13.2. The molecule has 0 bridgehead atoms. The number of hydrogen-bond acceptors (Lipinski definition) is 3. The van der Waals surface area contributed by atoms with Gasteiger partial charge in [0.25, 0.3) is 0 Å². The van der Waals surface area contributed by atoms with E-state index in [1.165, 1.54) is 0 Å². The van der Waals surface area contributed by atoms with E-state index in [1.54, 1.807) is 33.1 Å². The second-order valence-corrected chi connectivity index (χ2v) is 4.79. The van der Waals surface area contributed by atoms with Crippen LogP contribution in [0.4, 0.5) is 0 Å². The normalized spacial score (nSPS) is 11.3. The zero-order valence-corrected chi connectivity index (χ0v) is 10.6. The zero-order valence-electron chi connectivity index (χ0n) is 10.6. The van der Waals surface area contributed by atoms with Crippen molar-refractivity contribution in [3.05, 3.63) is 23.3 Å². The molecular formula is C13H18O4. The third kappa shape index (κ3) is 2.90. The maximum absolute atomic E-state index is 10.8. The first kappa shape index (κ1) is 13.4. The largest absolute Gasteiger partial charge is 0.508 e. The van der Waals surface area contributed by atoms with Crippen LogP contribution in [0.3, 0.4) is 0 Å². The number of phenols is 1. The fourth-order valence-corrected chi connectivity index (χ4v) is 1.91. The predicted octanol–water partition coefficient (Wildman–Crippen LogP) is 2.46. The van der Waals surface area contributed by atoms with Crippen LogP contribution in [0.5, 0.6) is 11.5 Å². The van der Waals surface area contributed by atoms with Gasteiger partial charge < -0.3 is 14.9 Å². The number of benzene rings is 1. The molecule has 0 unspecified atom stereocenters. The first-order valence-corrected chi connectivity index (χ1v) is 5.38. The highest BCUT2D eigenvalue weighted by atomic mass is 16.5. The number of methoxy groups -OCH3 is 1. The van der Waals surface area contributed by atoms with Crippen LogP contribution in [-0.4, -0.2) is 23.3 Å². The number of hydrogen-bond donors (Lipinski definition) is 2. The molecule has 0 radical (unpaired) electrons. The molecule has 0 amide bonds. The fraction of sp³-hybridized carbons (Fsp3) is 0.462. The summed E-state index contributed by atoms with van der Waals surface area (Å²) in [6.07, 6.45) is -0.0488. The molecule has 4 heteroatoms. The highest BCUT2D eigenvalue weighted by Crippen LogP contribution is 2.37. The van der Waals surface area contributed by atoms with Crippen LogP contribution in [0.25, 0.3) is 0 Å². The van der Waals surface area contributed by atoms with Crippen LogP contribution >= 0.6 is 0 Å². The number of aromatic hydroxyl groups is 1. The molecule has 0 saturated carbocycles. The molecule has 0 heterocycles. The molecule has 0 spiro atoms. The summed E-state index contributed by atoms with van der Waals surface area (Å²) in [5, 5.41) is 18.8. The van der Waals surface area contributed by atoms with E-state index in [1.807, 2.05) is 6.92 Å². The number of rotatable bonds is 4. The molecular weight excluding hydrogens is 220 g/mol. The molecule has 0 aliphatic carbocycles. The van der Waals surface area contributed by atoms with Gasteiger partial charge in [-0.2, -0.15) is 0 Å². The Labute approximate surface area is 101 Å². The van der Waals surface area contributed by atoms with Gasteiger partial charge in [-0.1, -0.05) is 13.8 Å². The first-order valence-electron chi connectivity index (χ1n) is 5.38. The average Bonchev–Trinajstić information content (AvgIpc) is 2.15. The van der Waals surface area contributed by atoms with E-state index in [4.69, 9.17) is 9.84 Å². The van der Waals surface area contributed by atoms with Gasteiger partial charge in [-0.15, -0.1) is 0 Å². The highest BCUT2D eigenvalue weighted by Gasteiger charge is 2.28. The lowest BCUT2D eigenvalue weighted by atomic mass is 9.80. The Kier molecular flexibility index (Phi) is 3.66. The Morgan fingerprint density at radius 2 is 2.00 bits per heavy atom. The van der Waals surface area contributed by atoms with E-state index in [0.717, 1.165) is 5.56 Å². The third-order valence-electron chi connectivity index (χ3n) is 2.84. The second-order valence-electron chi connectivity index (χ2n) is 4.79. The van der Waals surface area contributed by atoms with Crippen molar-refractivity contribution >= 4 is 5.97 Å². The van der Waals surface area contributed by atoms with Gasteiger partial charge in [0.1, 0.15) is 11.5 Å². The van der Waals surface area contributed by atoms with Crippen LogP contribution in [-0.2, 0) is 10.2 Å². The van der Waals surface area contributed by atoms with Crippen LogP contribution in [0.2, 0.25) is 0 Å². The van der Waals surface area contributed by atoms with Crippen molar-refractivity contribution in [2.24, 2.45) is 0 Å². The lowest BCUT2D eigenvalue weighted by molar-refractivity contribution is -0.138. The van der Waals surface area contributed by atoms with Crippen molar-refractivity contribution in [1.29, 1.82) is 0 Å². The van der Waals surface area contributed by atoms with Gasteiger partial charge in [0.15, 0.2) is 0 Å². The van der Waals surface area contributed by atoms with Gasteiger partial charge in [-0.25, -0.2) is 0 Å². The molecule has 4 nitrogen and oxygen atoms in total. The molecule has 0 aliphatic rings. The van der Waals surface area contributed by atoms with Crippen LogP contribution in [0.1, 0.15) is 31.4 Å². The molecule has 0 fully saturated rings. The molecule has 0 saturated heterocycles. The first-order chi connectivity index (χ1) is 7.77. The van der Waals surface area contributed by atoms with Gasteiger partial charge >= 0.3 is 5.97 Å². The summed E-state index contributed by atoms with van der Waals surface area (Å²) < 4.78 is 5.18. The van der Waals surface area contributed by atoms with Gasteiger partial charge in [-0.3, -0.25) is 4.79 Å². The van der Waals surface area contributed by atoms with Crippen molar-refractivity contribution in [2.45, 2.75) is 32.6 Å². The Hall–Kier alpha value is -1.71. The standard InChI is InChI=1S/C13H18O4/c1-8-5-10(14)9(6-11(8)17-4)13(2,3)7-12(15)16/h5-6,14H,7H2,1-4H3,(H,15,16). The summed E-state index contributed by atoms with van der Waals surface area (Å²) in [6, 6.07) is 3.30. The van der Waals surface area contributed by atoms with E-state index in [-0.39, 0.29) is 12.2 Å². The second kappa shape index (κ2) is 4.65. The quantitative estimate of drug-likeness (QED) is 0.845. The van der Waals surface area contributed by atoms with Gasteiger partial charge in [0, 0.05) is 11.0 Å². The molecule has 2 N–H and O–H groups in total. The third-order valence-corrected chi connectivity index (χ3v) is 2.84. The SMILES string of the molecule is COc1cc(C(C)(C)CC(=O)O)c(O)cc1C. The Morgan fingerprint density at radius 3 is 2.47 bits per heavy atom. The summed E-state index contributed by atoms with van der Waals surface area (Å²) in [4.78, 5) is 10.8.